The molecule has 0 aliphatic rings. The molecule has 1 aromatic rings. The molecule has 0 unspecified atom stereocenters. The number of sulfonamides is 1. The van der Waals surface area contributed by atoms with Crippen LogP contribution in [0.15, 0.2) is 35.9 Å². The van der Waals surface area contributed by atoms with Crippen molar-refractivity contribution in [1.82, 2.24) is 9.29 Å². The van der Waals surface area contributed by atoms with Gasteiger partial charge in [-0.3, -0.25) is 0 Å². The summed E-state index contributed by atoms with van der Waals surface area (Å²) in [6.45, 7) is 4.34. The summed E-state index contributed by atoms with van der Waals surface area (Å²) in [5.41, 5.74) is 0. The van der Waals surface area contributed by atoms with Crippen LogP contribution in [0.25, 0.3) is 0 Å². The second kappa shape index (κ2) is 5.79. The lowest BCUT2D eigenvalue weighted by Crippen LogP contribution is -2.22. The number of pyridine rings is 1. The summed E-state index contributed by atoms with van der Waals surface area (Å²) >= 11 is 0. The molecule has 0 fully saturated rings. The first-order chi connectivity index (χ1) is 7.98. The minimum absolute atomic E-state index is 0.191. The molecule has 1 rings (SSSR count). The van der Waals surface area contributed by atoms with E-state index >= 15 is 0 Å². The molecule has 0 saturated carbocycles. The Kier molecular flexibility index (Phi) is 4.65. The highest BCUT2D eigenvalue weighted by atomic mass is 32.2. The predicted molar refractivity (Wildman–Crippen MR) is 68.4 cm³/mol. The minimum atomic E-state index is -3.39. The monoisotopic (exact) mass is 255 g/mol. The maximum Gasteiger partial charge on any atom is 0.244 e. The maximum atomic E-state index is 11.8. The second-order valence-corrected chi connectivity index (χ2v) is 5.82. The number of rotatable bonds is 6. The number of hydrogen-bond acceptors (Lipinski definition) is 4. The quantitative estimate of drug-likeness (QED) is 0.615. The molecule has 0 aliphatic carbocycles. The van der Waals surface area contributed by atoms with Crippen molar-refractivity contribution < 1.29 is 8.42 Å². The largest absolute Gasteiger partial charge is 0.370 e. The van der Waals surface area contributed by atoms with Gasteiger partial charge in [0, 0.05) is 26.8 Å². The molecule has 94 valence electrons. The van der Waals surface area contributed by atoms with Crippen molar-refractivity contribution >= 4 is 15.8 Å². The maximum absolute atomic E-state index is 11.8. The van der Waals surface area contributed by atoms with E-state index in [-0.39, 0.29) is 4.90 Å². The Balaban J connectivity index is 2.78. The van der Waals surface area contributed by atoms with Gasteiger partial charge in [-0.15, -0.1) is 6.58 Å². The minimum Gasteiger partial charge on any atom is -0.370 e. The average molecular weight is 255 g/mol. The van der Waals surface area contributed by atoms with Gasteiger partial charge in [-0.2, -0.15) is 0 Å². The first-order valence-corrected chi connectivity index (χ1v) is 6.66. The molecular weight excluding hydrogens is 238 g/mol. The zero-order chi connectivity index (χ0) is 12.9. The lowest BCUT2D eigenvalue weighted by molar-refractivity contribution is 0.520. The zero-order valence-electron chi connectivity index (χ0n) is 10.0. The van der Waals surface area contributed by atoms with E-state index < -0.39 is 10.0 Å². The Morgan fingerprint density at radius 2 is 2.18 bits per heavy atom. The van der Waals surface area contributed by atoms with Crippen molar-refractivity contribution in [2.45, 2.75) is 11.3 Å². The van der Waals surface area contributed by atoms with Gasteiger partial charge in [-0.25, -0.2) is 17.7 Å². The van der Waals surface area contributed by atoms with Crippen LogP contribution in [0.5, 0.6) is 0 Å². The first kappa shape index (κ1) is 13.7. The van der Waals surface area contributed by atoms with E-state index in [1.54, 1.807) is 18.2 Å². The highest BCUT2D eigenvalue weighted by molar-refractivity contribution is 7.89. The zero-order valence-corrected chi connectivity index (χ0v) is 10.9. The number of nitrogens with zero attached hydrogens (tertiary/aromatic N) is 2. The van der Waals surface area contributed by atoms with Crippen molar-refractivity contribution in [2.24, 2.45) is 0 Å². The van der Waals surface area contributed by atoms with E-state index in [1.165, 1.54) is 20.3 Å². The summed E-state index contributed by atoms with van der Waals surface area (Å²) in [6, 6.07) is 3.19. The third-order valence-electron chi connectivity index (χ3n) is 2.17. The molecule has 0 atom stereocenters. The van der Waals surface area contributed by atoms with Crippen molar-refractivity contribution in [3.05, 3.63) is 31.0 Å². The summed E-state index contributed by atoms with van der Waals surface area (Å²) in [5.74, 6) is 0.657. The van der Waals surface area contributed by atoms with E-state index in [9.17, 15) is 8.42 Å². The molecule has 0 amide bonds. The normalized spacial score (nSPS) is 11.5. The molecule has 0 aromatic carbocycles. The van der Waals surface area contributed by atoms with Gasteiger partial charge < -0.3 is 5.32 Å². The summed E-state index contributed by atoms with van der Waals surface area (Å²) in [7, 11) is -0.409. The van der Waals surface area contributed by atoms with Crippen molar-refractivity contribution in [2.75, 3.05) is 26.0 Å². The summed E-state index contributed by atoms with van der Waals surface area (Å²) in [4.78, 5) is 4.24. The molecule has 0 saturated heterocycles. The second-order valence-electron chi connectivity index (χ2n) is 3.67. The number of nitrogens with one attached hydrogen (secondary N) is 1. The molecule has 0 radical (unpaired) electrons. The molecule has 0 spiro atoms. The van der Waals surface area contributed by atoms with Crippen LogP contribution >= 0.6 is 0 Å². The van der Waals surface area contributed by atoms with Crippen LogP contribution in [0.1, 0.15) is 6.42 Å². The Bertz CT molecular complexity index is 466. The fraction of sp³-hybridized carbons (Fsp3) is 0.364. The van der Waals surface area contributed by atoms with Gasteiger partial charge in [-0.05, 0) is 18.6 Å². The first-order valence-electron chi connectivity index (χ1n) is 5.22. The topological polar surface area (TPSA) is 62.3 Å². The Hall–Kier alpha value is -1.40. The van der Waals surface area contributed by atoms with Crippen LogP contribution in [-0.4, -0.2) is 38.3 Å². The summed E-state index contributed by atoms with van der Waals surface area (Å²) in [6.07, 6.45) is 3.99. The lowest BCUT2D eigenvalue weighted by Gasteiger charge is -2.11. The molecule has 17 heavy (non-hydrogen) atoms. The van der Waals surface area contributed by atoms with Crippen molar-refractivity contribution in [3.8, 4) is 0 Å². The third-order valence-corrected chi connectivity index (χ3v) is 3.97. The molecule has 5 nitrogen and oxygen atoms in total. The predicted octanol–water partition coefficient (Wildman–Crippen LogP) is 1.32. The fourth-order valence-electron chi connectivity index (χ4n) is 1.15. The number of hydrogen-bond donors (Lipinski definition) is 1. The van der Waals surface area contributed by atoms with Crippen molar-refractivity contribution in [1.29, 1.82) is 0 Å². The molecule has 1 heterocycles. The van der Waals surface area contributed by atoms with E-state index in [2.05, 4.69) is 16.9 Å². The van der Waals surface area contributed by atoms with Crippen LogP contribution < -0.4 is 5.32 Å². The molecule has 1 aromatic heterocycles. The van der Waals surface area contributed by atoms with Gasteiger partial charge in [-0.1, -0.05) is 6.08 Å². The molecule has 0 bridgehead atoms. The SMILES string of the molecule is C=CCCNc1ccc(S(=O)(=O)N(C)C)cn1. The molecule has 6 heteroatoms. The van der Waals surface area contributed by atoms with Crippen LogP contribution in [0.4, 0.5) is 5.82 Å². The Labute approximate surface area is 102 Å². The van der Waals surface area contributed by atoms with E-state index in [4.69, 9.17) is 0 Å². The van der Waals surface area contributed by atoms with Crippen LogP contribution in [0.2, 0.25) is 0 Å². The van der Waals surface area contributed by atoms with E-state index in [0.29, 0.717) is 5.82 Å². The molecule has 1 N–H and O–H groups in total. The average Bonchev–Trinajstić information content (AvgIpc) is 2.30. The van der Waals surface area contributed by atoms with Gasteiger partial charge in [0.2, 0.25) is 10.0 Å². The smallest absolute Gasteiger partial charge is 0.244 e. The summed E-state index contributed by atoms with van der Waals surface area (Å²) < 4.78 is 24.7. The Morgan fingerprint density at radius 1 is 1.47 bits per heavy atom. The summed E-state index contributed by atoms with van der Waals surface area (Å²) in [5, 5.41) is 3.06. The van der Waals surface area contributed by atoms with Crippen molar-refractivity contribution in [3.63, 3.8) is 0 Å². The highest BCUT2D eigenvalue weighted by Gasteiger charge is 2.16. The van der Waals surface area contributed by atoms with Gasteiger partial charge in [0.25, 0.3) is 0 Å². The Morgan fingerprint density at radius 3 is 2.65 bits per heavy atom. The van der Waals surface area contributed by atoms with Gasteiger partial charge in [0.15, 0.2) is 0 Å². The van der Waals surface area contributed by atoms with Crippen LogP contribution in [0.3, 0.4) is 0 Å². The highest BCUT2D eigenvalue weighted by Crippen LogP contribution is 2.13. The van der Waals surface area contributed by atoms with E-state index in [0.717, 1.165) is 17.3 Å². The molecular formula is C11H17N3O2S. The molecule has 0 aliphatic heterocycles. The standard InChI is InChI=1S/C11H17N3O2S/c1-4-5-8-12-11-7-6-10(9-13-11)17(15,16)14(2)3/h4,6-7,9H,1,5,8H2,2-3H3,(H,12,13). The van der Waals surface area contributed by atoms with E-state index in [1.807, 2.05) is 0 Å². The number of anilines is 1. The van der Waals surface area contributed by atoms with Gasteiger partial charge in [0.05, 0.1) is 0 Å². The lowest BCUT2D eigenvalue weighted by atomic mass is 10.4. The third kappa shape index (κ3) is 3.54. The number of aromatic nitrogens is 1. The fourth-order valence-corrected chi connectivity index (χ4v) is 2.00. The van der Waals surface area contributed by atoms with Crippen LogP contribution in [-0.2, 0) is 10.0 Å². The van der Waals surface area contributed by atoms with Gasteiger partial charge >= 0.3 is 0 Å². The van der Waals surface area contributed by atoms with Crippen LogP contribution in [0, 0.1) is 0 Å². The van der Waals surface area contributed by atoms with Gasteiger partial charge in [0.1, 0.15) is 10.7 Å².